The first-order valence-electron chi connectivity index (χ1n) is 5.21. The third kappa shape index (κ3) is 1.62. The highest BCUT2D eigenvalue weighted by Gasteiger charge is 2.29. The predicted octanol–water partition coefficient (Wildman–Crippen LogP) is 1.66. The Hall–Kier alpha value is -1.02. The number of nitrogens with zero attached hydrogens (tertiary/aromatic N) is 1. The highest BCUT2D eigenvalue weighted by Crippen LogP contribution is 2.32. The van der Waals surface area contributed by atoms with Crippen molar-refractivity contribution in [2.24, 2.45) is 11.7 Å². The maximum atomic E-state index is 5.84. The maximum Gasteiger partial charge on any atom is 0.0568 e. The van der Waals surface area contributed by atoms with Gasteiger partial charge in [0.25, 0.3) is 0 Å². The molecular weight excluding hydrogens is 172 g/mol. The van der Waals surface area contributed by atoms with Crippen molar-refractivity contribution in [3.63, 3.8) is 0 Å². The lowest BCUT2D eigenvalue weighted by atomic mass is 9.85. The molecule has 1 aliphatic carbocycles. The average molecular weight is 190 g/mol. The van der Waals surface area contributed by atoms with Crippen molar-refractivity contribution in [3.05, 3.63) is 36.1 Å². The quantitative estimate of drug-likeness (QED) is 0.717. The monoisotopic (exact) mass is 190 g/mol. The zero-order valence-corrected chi connectivity index (χ0v) is 8.85. The van der Waals surface area contributed by atoms with Gasteiger partial charge in [-0.1, -0.05) is 29.9 Å². The van der Waals surface area contributed by atoms with Gasteiger partial charge in [0, 0.05) is 19.0 Å². The molecule has 0 spiro atoms. The minimum absolute atomic E-state index is 0.257. The molecule has 0 aromatic carbocycles. The average Bonchev–Trinajstić information content (AvgIpc) is 2.49. The van der Waals surface area contributed by atoms with E-state index in [1.165, 1.54) is 5.57 Å². The molecule has 0 aromatic rings. The van der Waals surface area contributed by atoms with Gasteiger partial charge in [0.1, 0.15) is 0 Å². The Morgan fingerprint density at radius 3 is 3.00 bits per heavy atom. The van der Waals surface area contributed by atoms with E-state index in [4.69, 9.17) is 5.73 Å². The molecule has 2 aliphatic rings. The third-order valence-corrected chi connectivity index (χ3v) is 2.97. The first-order chi connectivity index (χ1) is 6.68. The number of likely N-dealkylation sites (N-methyl/N-ethyl adjacent to an activating group) is 1. The first-order valence-corrected chi connectivity index (χ1v) is 5.21. The van der Waals surface area contributed by atoms with Crippen LogP contribution in [-0.4, -0.2) is 24.0 Å². The SMILES string of the molecule is CC(N)CC1=CC=CC2C1C=CN2C. The molecule has 0 amide bonds. The molecule has 0 saturated heterocycles. The van der Waals surface area contributed by atoms with E-state index >= 15 is 0 Å². The number of hydrogen-bond donors (Lipinski definition) is 1. The van der Waals surface area contributed by atoms with Gasteiger partial charge in [0.05, 0.1) is 6.04 Å². The summed E-state index contributed by atoms with van der Waals surface area (Å²) in [5.41, 5.74) is 7.30. The molecule has 1 heterocycles. The van der Waals surface area contributed by atoms with Gasteiger partial charge in [0.2, 0.25) is 0 Å². The second-order valence-electron chi connectivity index (χ2n) is 4.33. The van der Waals surface area contributed by atoms with Gasteiger partial charge >= 0.3 is 0 Å². The number of rotatable bonds is 2. The van der Waals surface area contributed by atoms with Gasteiger partial charge in [-0.15, -0.1) is 0 Å². The smallest absolute Gasteiger partial charge is 0.0568 e. The lowest BCUT2D eigenvalue weighted by Crippen LogP contribution is -2.30. The van der Waals surface area contributed by atoms with E-state index in [-0.39, 0.29) is 6.04 Å². The lowest BCUT2D eigenvalue weighted by Gasteiger charge is -2.28. The van der Waals surface area contributed by atoms with E-state index in [0.29, 0.717) is 12.0 Å². The fraction of sp³-hybridized carbons (Fsp3) is 0.500. The first kappa shape index (κ1) is 9.53. The Morgan fingerprint density at radius 2 is 2.29 bits per heavy atom. The Balaban J connectivity index is 2.15. The van der Waals surface area contributed by atoms with Gasteiger partial charge in [-0.3, -0.25) is 0 Å². The summed E-state index contributed by atoms with van der Waals surface area (Å²) in [7, 11) is 2.13. The van der Waals surface area contributed by atoms with Crippen molar-refractivity contribution < 1.29 is 0 Å². The molecule has 0 bridgehead atoms. The molecule has 0 radical (unpaired) electrons. The predicted molar refractivity (Wildman–Crippen MR) is 59.7 cm³/mol. The van der Waals surface area contributed by atoms with Crippen molar-refractivity contribution in [1.29, 1.82) is 0 Å². The van der Waals surface area contributed by atoms with Gasteiger partial charge in [-0.2, -0.15) is 0 Å². The fourth-order valence-corrected chi connectivity index (χ4v) is 2.27. The van der Waals surface area contributed by atoms with Crippen LogP contribution in [0.3, 0.4) is 0 Å². The fourth-order valence-electron chi connectivity index (χ4n) is 2.27. The molecule has 14 heavy (non-hydrogen) atoms. The van der Waals surface area contributed by atoms with Crippen molar-refractivity contribution in [2.75, 3.05) is 7.05 Å². The van der Waals surface area contributed by atoms with Gasteiger partial charge in [0.15, 0.2) is 0 Å². The standard InChI is InChI=1S/C12H18N2/c1-9(13)8-10-4-3-5-12-11(10)6-7-14(12)2/h3-7,9,11-12H,8,13H2,1-2H3. The molecule has 2 rings (SSSR count). The molecule has 3 atom stereocenters. The minimum atomic E-state index is 0.257. The van der Waals surface area contributed by atoms with E-state index in [9.17, 15) is 0 Å². The van der Waals surface area contributed by atoms with Crippen LogP contribution in [0.15, 0.2) is 36.1 Å². The number of nitrogens with two attached hydrogens (primary N) is 1. The molecule has 1 aliphatic heterocycles. The van der Waals surface area contributed by atoms with Crippen LogP contribution in [0, 0.1) is 5.92 Å². The van der Waals surface area contributed by atoms with E-state index in [0.717, 1.165) is 6.42 Å². The van der Waals surface area contributed by atoms with Crippen LogP contribution in [0.2, 0.25) is 0 Å². The maximum absolute atomic E-state index is 5.84. The second-order valence-corrected chi connectivity index (χ2v) is 4.33. The van der Waals surface area contributed by atoms with Crippen molar-refractivity contribution in [3.8, 4) is 0 Å². The second kappa shape index (κ2) is 3.62. The summed E-state index contributed by atoms with van der Waals surface area (Å²) in [6, 6.07) is 0.779. The van der Waals surface area contributed by atoms with Crippen LogP contribution in [0.25, 0.3) is 0 Å². The van der Waals surface area contributed by atoms with Crippen molar-refractivity contribution in [2.45, 2.75) is 25.4 Å². The van der Waals surface area contributed by atoms with E-state index in [1.54, 1.807) is 0 Å². The van der Waals surface area contributed by atoms with Crippen LogP contribution in [0.1, 0.15) is 13.3 Å². The number of fused-ring (bicyclic) bond motifs is 1. The Labute approximate surface area is 85.8 Å². The molecule has 76 valence electrons. The van der Waals surface area contributed by atoms with Crippen molar-refractivity contribution in [1.82, 2.24) is 4.90 Å². The Kier molecular flexibility index (Phi) is 2.46. The summed E-state index contributed by atoms with van der Waals surface area (Å²) in [6.45, 7) is 2.07. The molecule has 2 heteroatoms. The molecule has 0 fully saturated rings. The van der Waals surface area contributed by atoms with Gasteiger partial charge < -0.3 is 10.6 Å². The van der Waals surface area contributed by atoms with Crippen LogP contribution < -0.4 is 5.73 Å². The number of hydrogen-bond acceptors (Lipinski definition) is 2. The molecule has 2 N–H and O–H groups in total. The van der Waals surface area contributed by atoms with Crippen LogP contribution in [0.4, 0.5) is 0 Å². The Morgan fingerprint density at radius 1 is 1.50 bits per heavy atom. The summed E-state index contributed by atoms with van der Waals surface area (Å²) in [5.74, 6) is 0.552. The van der Waals surface area contributed by atoms with Crippen LogP contribution in [-0.2, 0) is 0 Å². The number of allylic oxidation sites excluding steroid dienone is 2. The third-order valence-electron chi connectivity index (χ3n) is 2.97. The molecule has 3 unspecified atom stereocenters. The highest BCUT2D eigenvalue weighted by atomic mass is 15.1. The van der Waals surface area contributed by atoms with Gasteiger partial charge in [-0.05, 0) is 19.5 Å². The summed E-state index contributed by atoms with van der Waals surface area (Å²) < 4.78 is 0. The summed E-state index contributed by atoms with van der Waals surface area (Å²) >= 11 is 0. The van der Waals surface area contributed by atoms with Crippen molar-refractivity contribution >= 4 is 0 Å². The Bertz CT molecular complexity index is 299. The largest absolute Gasteiger partial charge is 0.373 e. The normalized spacial score (nSPS) is 31.6. The highest BCUT2D eigenvalue weighted by molar-refractivity contribution is 5.32. The zero-order chi connectivity index (χ0) is 10.1. The van der Waals surface area contributed by atoms with Crippen LogP contribution in [0.5, 0.6) is 0 Å². The molecular formula is C12H18N2. The zero-order valence-electron chi connectivity index (χ0n) is 8.85. The summed E-state index contributed by atoms with van der Waals surface area (Å²) in [6.07, 6.45) is 12.1. The molecule has 0 aromatic heterocycles. The van der Waals surface area contributed by atoms with Crippen LogP contribution >= 0.6 is 0 Å². The van der Waals surface area contributed by atoms with Gasteiger partial charge in [-0.25, -0.2) is 0 Å². The lowest BCUT2D eigenvalue weighted by molar-refractivity contribution is 0.367. The van der Waals surface area contributed by atoms with E-state index in [1.807, 2.05) is 0 Å². The minimum Gasteiger partial charge on any atom is -0.373 e. The topological polar surface area (TPSA) is 29.3 Å². The molecule has 0 saturated carbocycles. The summed E-state index contributed by atoms with van der Waals surface area (Å²) in [4.78, 5) is 2.26. The van der Waals surface area contributed by atoms with E-state index < -0.39 is 0 Å². The molecule has 2 nitrogen and oxygen atoms in total. The summed E-state index contributed by atoms with van der Waals surface area (Å²) in [5, 5.41) is 0. The van der Waals surface area contributed by atoms with E-state index in [2.05, 4.69) is 49.4 Å².